The summed E-state index contributed by atoms with van der Waals surface area (Å²) in [6.45, 7) is 15.7. The molecule has 0 spiro atoms. The van der Waals surface area contributed by atoms with Crippen LogP contribution in [0.1, 0.15) is 60.3 Å². The van der Waals surface area contributed by atoms with Crippen molar-refractivity contribution in [3.05, 3.63) is 58.5 Å². The van der Waals surface area contributed by atoms with Gasteiger partial charge in [0.25, 0.3) is 0 Å². The Morgan fingerprint density at radius 2 is 2.07 bits per heavy atom. The Labute approximate surface area is 177 Å². The van der Waals surface area contributed by atoms with Gasteiger partial charge in [0.15, 0.2) is 0 Å². The Bertz CT molecular complexity index is 667. The molecular weight excluding hydrogens is 362 g/mol. The lowest BCUT2D eigenvalue weighted by molar-refractivity contribution is 0.448. The van der Waals surface area contributed by atoms with Crippen LogP contribution in [-0.2, 0) is 0 Å². The van der Waals surface area contributed by atoms with Gasteiger partial charge in [-0.2, -0.15) is 0 Å². The van der Waals surface area contributed by atoms with E-state index in [0.717, 1.165) is 48.6 Å². The van der Waals surface area contributed by atoms with E-state index in [1.54, 1.807) is 0 Å². The fourth-order valence-corrected chi connectivity index (χ4v) is 4.42. The molecule has 1 atom stereocenters. The minimum Gasteiger partial charge on any atom is -0.398 e. The summed E-state index contributed by atoms with van der Waals surface area (Å²) in [4.78, 5) is 2.29. The van der Waals surface area contributed by atoms with E-state index in [1.807, 2.05) is 11.8 Å². The average molecular weight is 402 g/mol. The van der Waals surface area contributed by atoms with Crippen molar-refractivity contribution in [1.29, 1.82) is 5.41 Å². The number of allylic oxidation sites excluding steroid dienone is 6. The fourth-order valence-electron chi connectivity index (χ4n) is 3.77. The van der Waals surface area contributed by atoms with Crippen LogP contribution in [0.3, 0.4) is 0 Å². The molecule has 1 aliphatic carbocycles. The van der Waals surface area contributed by atoms with E-state index in [2.05, 4.69) is 64.3 Å². The van der Waals surface area contributed by atoms with Crippen LogP contribution in [0.2, 0.25) is 0 Å². The third-order valence-electron chi connectivity index (χ3n) is 4.96. The lowest BCUT2D eigenvalue weighted by atomic mass is 9.78. The van der Waals surface area contributed by atoms with Crippen LogP contribution in [0.4, 0.5) is 0 Å². The van der Waals surface area contributed by atoms with Crippen LogP contribution in [-0.4, -0.2) is 29.3 Å². The average Bonchev–Trinajstić information content (AvgIpc) is 2.64. The van der Waals surface area contributed by atoms with Crippen molar-refractivity contribution >= 4 is 18.0 Å². The Hall–Kier alpha value is -1.68. The number of hydrogen-bond acceptors (Lipinski definition) is 4. The largest absolute Gasteiger partial charge is 0.398 e. The standard InChI is InChI=1S/C24H39N3S/c1-7-11-18(5)15-20-16-19(6)23(24(26)21(20)9-3)22(12-8-2)27(14-13-25)17-28-10-4/h9,12-13,15,19,25H,5,7-8,10-11,14,16-17,26H2,1-4,6H3/b20-15-,21-9+,22-12+,25-13?. The number of nitrogens with zero attached hydrogens (tertiary/aromatic N) is 1. The molecule has 0 aromatic carbocycles. The van der Waals surface area contributed by atoms with E-state index < -0.39 is 0 Å². The van der Waals surface area contributed by atoms with Gasteiger partial charge >= 0.3 is 0 Å². The smallest absolute Gasteiger partial charge is 0.0643 e. The fraction of sp³-hybridized carbons (Fsp3) is 0.542. The van der Waals surface area contributed by atoms with Crippen LogP contribution in [0.25, 0.3) is 0 Å². The predicted molar refractivity (Wildman–Crippen MR) is 128 cm³/mol. The van der Waals surface area contributed by atoms with Gasteiger partial charge in [-0.3, -0.25) is 0 Å². The van der Waals surface area contributed by atoms with Gasteiger partial charge in [-0.05, 0) is 49.0 Å². The maximum absolute atomic E-state index is 7.65. The zero-order chi connectivity index (χ0) is 21.1. The first-order chi connectivity index (χ1) is 13.4. The molecule has 0 aromatic heterocycles. The normalized spacial score (nSPS) is 20.8. The van der Waals surface area contributed by atoms with E-state index in [9.17, 15) is 0 Å². The maximum atomic E-state index is 7.65. The summed E-state index contributed by atoms with van der Waals surface area (Å²) >= 11 is 1.88. The van der Waals surface area contributed by atoms with Gasteiger partial charge in [0.1, 0.15) is 0 Å². The van der Waals surface area contributed by atoms with Gasteiger partial charge in [-0.1, -0.05) is 64.5 Å². The third kappa shape index (κ3) is 6.44. The number of rotatable bonds is 11. The topological polar surface area (TPSA) is 53.1 Å². The highest BCUT2D eigenvalue weighted by Crippen LogP contribution is 2.40. The Balaban J connectivity index is 3.43. The monoisotopic (exact) mass is 401 g/mol. The summed E-state index contributed by atoms with van der Waals surface area (Å²) < 4.78 is 0. The van der Waals surface area contributed by atoms with Gasteiger partial charge in [0.05, 0.1) is 12.4 Å². The minimum absolute atomic E-state index is 0.335. The van der Waals surface area contributed by atoms with Gasteiger partial charge in [0, 0.05) is 23.2 Å². The zero-order valence-electron chi connectivity index (χ0n) is 18.5. The first-order valence-electron chi connectivity index (χ1n) is 10.5. The Morgan fingerprint density at radius 1 is 1.36 bits per heavy atom. The highest BCUT2D eigenvalue weighted by molar-refractivity contribution is 7.99. The highest BCUT2D eigenvalue weighted by atomic mass is 32.2. The van der Waals surface area contributed by atoms with Crippen molar-refractivity contribution in [2.24, 2.45) is 11.7 Å². The zero-order valence-corrected chi connectivity index (χ0v) is 19.3. The molecule has 3 nitrogen and oxygen atoms in total. The molecule has 156 valence electrons. The summed E-state index contributed by atoms with van der Waals surface area (Å²) in [7, 11) is 0. The molecule has 0 heterocycles. The van der Waals surface area contributed by atoms with Crippen LogP contribution in [0.15, 0.2) is 58.5 Å². The molecule has 3 N–H and O–H groups in total. The van der Waals surface area contributed by atoms with E-state index >= 15 is 0 Å². The highest BCUT2D eigenvalue weighted by Gasteiger charge is 2.29. The molecule has 1 rings (SSSR count). The number of nitrogens with one attached hydrogen (secondary N) is 1. The van der Waals surface area contributed by atoms with Gasteiger partial charge in [0.2, 0.25) is 0 Å². The summed E-state index contributed by atoms with van der Waals surface area (Å²) in [5.41, 5.74) is 13.7. The SMILES string of the molecule is C=C(/C=C1/CC(C)C(C(=C\CC)/N(CC=N)CSCC)=C(N)/C1=C/C)CCC. The molecule has 0 amide bonds. The summed E-state index contributed by atoms with van der Waals surface area (Å²) in [6.07, 6.45) is 12.2. The molecule has 0 bridgehead atoms. The second-order valence-corrected chi connectivity index (χ2v) is 8.50. The quantitative estimate of drug-likeness (QED) is 0.310. The van der Waals surface area contributed by atoms with Crippen LogP contribution in [0, 0.1) is 11.3 Å². The third-order valence-corrected chi connectivity index (χ3v) is 5.86. The second-order valence-electron chi connectivity index (χ2n) is 7.26. The van der Waals surface area contributed by atoms with E-state index in [1.165, 1.54) is 28.6 Å². The lowest BCUT2D eigenvalue weighted by Crippen LogP contribution is -2.31. The number of thioether (sulfide) groups is 1. The summed E-state index contributed by atoms with van der Waals surface area (Å²) in [5, 5.41) is 7.65. The number of nitrogens with two attached hydrogens (primary N) is 1. The van der Waals surface area contributed by atoms with Crippen molar-refractivity contribution in [3.63, 3.8) is 0 Å². The molecule has 0 aliphatic heterocycles. The van der Waals surface area contributed by atoms with E-state index in [4.69, 9.17) is 11.1 Å². The lowest BCUT2D eigenvalue weighted by Gasteiger charge is -2.35. The number of hydrogen-bond donors (Lipinski definition) is 2. The summed E-state index contributed by atoms with van der Waals surface area (Å²) in [6, 6.07) is 0. The second kappa shape index (κ2) is 12.7. The molecular formula is C24H39N3S. The molecule has 1 unspecified atom stereocenters. The molecule has 4 heteroatoms. The molecule has 0 radical (unpaired) electrons. The van der Waals surface area contributed by atoms with Crippen molar-refractivity contribution in [3.8, 4) is 0 Å². The van der Waals surface area contributed by atoms with Gasteiger partial charge < -0.3 is 16.0 Å². The molecule has 0 saturated carbocycles. The van der Waals surface area contributed by atoms with Gasteiger partial charge in [-0.25, -0.2) is 0 Å². The van der Waals surface area contributed by atoms with Crippen molar-refractivity contribution < 1.29 is 0 Å². The van der Waals surface area contributed by atoms with Crippen LogP contribution in [0.5, 0.6) is 0 Å². The molecule has 0 fully saturated rings. The first-order valence-corrected chi connectivity index (χ1v) is 11.7. The van der Waals surface area contributed by atoms with Crippen LogP contribution < -0.4 is 5.73 Å². The predicted octanol–water partition coefficient (Wildman–Crippen LogP) is 6.42. The molecule has 0 aromatic rings. The van der Waals surface area contributed by atoms with Crippen molar-refractivity contribution in [1.82, 2.24) is 4.90 Å². The molecule has 28 heavy (non-hydrogen) atoms. The van der Waals surface area contributed by atoms with E-state index in [-0.39, 0.29) is 0 Å². The Morgan fingerprint density at radius 3 is 2.61 bits per heavy atom. The van der Waals surface area contributed by atoms with Crippen molar-refractivity contribution in [2.45, 2.75) is 60.3 Å². The summed E-state index contributed by atoms with van der Waals surface area (Å²) in [5.74, 6) is 2.27. The van der Waals surface area contributed by atoms with Gasteiger partial charge in [-0.15, -0.1) is 11.8 Å². The molecule has 0 saturated heterocycles. The minimum atomic E-state index is 0.335. The Kier molecular flexibility index (Phi) is 11.1. The molecule has 1 aliphatic rings. The first kappa shape index (κ1) is 24.4. The maximum Gasteiger partial charge on any atom is 0.0643 e. The van der Waals surface area contributed by atoms with Crippen LogP contribution >= 0.6 is 11.8 Å². The van der Waals surface area contributed by atoms with E-state index in [0.29, 0.717) is 12.5 Å². The van der Waals surface area contributed by atoms with Crippen molar-refractivity contribution in [2.75, 3.05) is 18.2 Å².